The highest BCUT2D eigenvalue weighted by atomic mass is 28.4. The van der Waals surface area contributed by atoms with Crippen molar-refractivity contribution in [2.45, 2.75) is 98.9 Å². The molecule has 0 aromatic heterocycles. The molecular formula is C24H25F17OSi. The van der Waals surface area contributed by atoms with E-state index < -0.39 is 79.5 Å². The van der Waals surface area contributed by atoms with Gasteiger partial charge in [0.1, 0.15) is 0 Å². The number of alkyl halides is 17. The van der Waals surface area contributed by atoms with Crippen LogP contribution < -0.4 is 0 Å². The Labute approximate surface area is 235 Å². The Kier molecular flexibility index (Phi) is 10.8. The molecule has 0 amide bonds. The molecule has 0 saturated carbocycles. The number of benzene rings is 1. The first kappa shape index (κ1) is 38.8. The van der Waals surface area contributed by atoms with Gasteiger partial charge in [0, 0.05) is 6.42 Å². The van der Waals surface area contributed by atoms with Crippen molar-refractivity contribution in [2.75, 3.05) is 0 Å². The molecule has 1 nitrogen and oxygen atoms in total. The van der Waals surface area contributed by atoms with Gasteiger partial charge in [-0.05, 0) is 28.8 Å². The van der Waals surface area contributed by atoms with E-state index in [9.17, 15) is 74.6 Å². The van der Waals surface area contributed by atoms with Crippen molar-refractivity contribution in [2.24, 2.45) is 0 Å². The van der Waals surface area contributed by atoms with Gasteiger partial charge in [-0.25, -0.2) is 0 Å². The molecule has 0 spiro atoms. The van der Waals surface area contributed by atoms with E-state index in [1.54, 1.807) is 30.3 Å². The first-order chi connectivity index (χ1) is 18.9. The van der Waals surface area contributed by atoms with Crippen LogP contribution in [-0.2, 0) is 4.43 Å². The second-order valence-electron chi connectivity index (χ2n) is 10.2. The topological polar surface area (TPSA) is 9.23 Å². The first-order valence-electron chi connectivity index (χ1n) is 12.0. The van der Waals surface area contributed by atoms with Gasteiger partial charge in [0.15, 0.2) is 0 Å². The van der Waals surface area contributed by atoms with Gasteiger partial charge in [-0.3, -0.25) is 0 Å². The molecule has 0 unspecified atom stereocenters. The smallest absolute Gasteiger partial charge is 0.460 e. The molecule has 0 aliphatic carbocycles. The standard InChI is InChI=1S/C24H25F17OSi/c1-14(2)43(15(3)4,42-12-10-16-8-6-5-7-9-16)13-11-17(25,26)18(27,28)19(29,30)20(31,32)21(33,34)22(35,36)23(37,38)24(39,40)41/h5-10,12,14-15H,11,13H2,1-4H3/b12-10+. The molecule has 250 valence electrons. The summed E-state index contributed by atoms with van der Waals surface area (Å²) in [6.07, 6.45) is -8.00. The fourth-order valence-electron chi connectivity index (χ4n) is 4.08. The SMILES string of the molecule is CC(C)[Si](CCC(F)(F)C(F)(F)C(F)(F)C(F)(F)C(F)(F)C(F)(F)C(F)(F)C(F)(F)F)(O/C=C/c1ccccc1)C(C)C. The van der Waals surface area contributed by atoms with Crippen LogP contribution in [-0.4, -0.2) is 56.0 Å². The van der Waals surface area contributed by atoms with Crippen LogP contribution in [0.2, 0.25) is 17.1 Å². The van der Waals surface area contributed by atoms with Gasteiger partial charge >= 0.3 is 47.6 Å². The van der Waals surface area contributed by atoms with Crippen LogP contribution in [0.4, 0.5) is 74.6 Å². The lowest BCUT2D eigenvalue weighted by Gasteiger charge is -2.43. The molecule has 0 saturated heterocycles. The molecular weight excluding hydrogens is 655 g/mol. The van der Waals surface area contributed by atoms with E-state index in [1.165, 1.54) is 33.8 Å². The van der Waals surface area contributed by atoms with Crippen LogP contribution in [0.1, 0.15) is 39.7 Å². The van der Waals surface area contributed by atoms with Crippen LogP contribution >= 0.6 is 0 Å². The van der Waals surface area contributed by atoms with E-state index in [1.807, 2.05) is 0 Å². The van der Waals surface area contributed by atoms with Crippen molar-refractivity contribution >= 4 is 14.4 Å². The van der Waals surface area contributed by atoms with Crippen LogP contribution in [0.25, 0.3) is 6.08 Å². The summed E-state index contributed by atoms with van der Waals surface area (Å²) in [6, 6.07) is 6.64. The van der Waals surface area contributed by atoms with Crippen LogP contribution in [0.15, 0.2) is 36.6 Å². The Morgan fingerprint density at radius 2 is 0.953 bits per heavy atom. The number of hydrogen-bond donors (Lipinski definition) is 0. The normalized spacial score (nSPS) is 15.6. The van der Waals surface area contributed by atoms with Crippen molar-refractivity contribution in [3.8, 4) is 0 Å². The van der Waals surface area contributed by atoms with Crippen molar-refractivity contribution in [1.29, 1.82) is 0 Å². The maximum Gasteiger partial charge on any atom is 0.460 e. The maximum atomic E-state index is 14.6. The van der Waals surface area contributed by atoms with Crippen molar-refractivity contribution in [3.05, 3.63) is 42.2 Å². The number of rotatable bonds is 14. The molecule has 0 N–H and O–H groups in total. The largest absolute Gasteiger partial charge is 0.548 e. The average molecular weight is 681 g/mol. The van der Waals surface area contributed by atoms with E-state index in [0.29, 0.717) is 5.56 Å². The first-order valence-corrected chi connectivity index (χ1v) is 14.3. The summed E-state index contributed by atoms with van der Waals surface area (Å²) in [5, 5.41) is 0. The van der Waals surface area contributed by atoms with Crippen molar-refractivity contribution in [1.82, 2.24) is 0 Å². The van der Waals surface area contributed by atoms with Crippen LogP contribution in [0.3, 0.4) is 0 Å². The summed E-state index contributed by atoms with van der Waals surface area (Å²) < 4.78 is 237. The van der Waals surface area contributed by atoms with E-state index >= 15 is 0 Å². The molecule has 1 aromatic rings. The third-order valence-corrected chi connectivity index (χ3v) is 12.4. The molecule has 19 heteroatoms. The molecule has 0 bridgehead atoms. The summed E-state index contributed by atoms with van der Waals surface area (Å²) >= 11 is 0. The maximum absolute atomic E-state index is 14.6. The fraction of sp³-hybridized carbons (Fsp3) is 0.667. The van der Waals surface area contributed by atoms with Gasteiger partial charge in [0.25, 0.3) is 8.32 Å². The quantitative estimate of drug-likeness (QED) is 0.108. The molecule has 43 heavy (non-hydrogen) atoms. The monoisotopic (exact) mass is 680 g/mol. The van der Waals surface area contributed by atoms with E-state index in [0.717, 1.165) is 6.26 Å². The minimum absolute atomic E-state index is 0.491. The molecule has 0 heterocycles. The lowest BCUT2D eigenvalue weighted by molar-refractivity contribution is -0.461. The Morgan fingerprint density at radius 3 is 1.33 bits per heavy atom. The van der Waals surface area contributed by atoms with Gasteiger partial charge in [0.2, 0.25) is 0 Å². The summed E-state index contributed by atoms with van der Waals surface area (Å²) in [4.78, 5) is 0. The van der Waals surface area contributed by atoms with E-state index in [4.69, 9.17) is 4.43 Å². The van der Waals surface area contributed by atoms with Crippen molar-refractivity contribution < 1.29 is 79.1 Å². The third kappa shape index (κ3) is 6.32. The van der Waals surface area contributed by atoms with E-state index in [-0.39, 0.29) is 0 Å². The zero-order valence-corrected chi connectivity index (χ0v) is 23.4. The highest BCUT2D eigenvalue weighted by Crippen LogP contribution is 2.64. The summed E-state index contributed by atoms with van der Waals surface area (Å²) in [6.45, 7) is 5.41. The van der Waals surface area contributed by atoms with Gasteiger partial charge < -0.3 is 4.43 Å². The number of hydrogen-bond acceptors (Lipinski definition) is 1. The Morgan fingerprint density at radius 1 is 0.581 bits per heavy atom. The third-order valence-electron chi connectivity index (χ3n) is 6.92. The predicted molar refractivity (Wildman–Crippen MR) is 123 cm³/mol. The molecule has 0 atom stereocenters. The Bertz CT molecular complexity index is 1090. The van der Waals surface area contributed by atoms with Gasteiger partial charge in [-0.15, -0.1) is 0 Å². The zero-order chi connectivity index (χ0) is 34.3. The Balaban J connectivity index is 3.52. The molecule has 0 radical (unpaired) electrons. The molecule has 0 aliphatic rings. The van der Waals surface area contributed by atoms with Gasteiger partial charge in [-0.2, -0.15) is 74.6 Å². The highest BCUT2D eigenvalue weighted by Gasteiger charge is 2.95. The second kappa shape index (κ2) is 11.9. The molecule has 0 fully saturated rings. The molecule has 1 rings (SSSR count). The lowest BCUT2D eigenvalue weighted by atomic mass is 9.88. The summed E-state index contributed by atoms with van der Waals surface area (Å²) in [5.74, 6) is -56.3. The zero-order valence-electron chi connectivity index (χ0n) is 22.4. The van der Waals surface area contributed by atoms with Crippen LogP contribution in [0.5, 0.6) is 0 Å². The van der Waals surface area contributed by atoms with Gasteiger partial charge in [0.05, 0.1) is 6.26 Å². The van der Waals surface area contributed by atoms with E-state index in [2.05, 4.69) is 0 Å². The molecule has 1 aromatic carbocycles. The van der Waals surface area contributed by atoms with Gasteiger partial charge in [-0.1, -0.05) is 58.0 Å². The number of halogens is 17. The summed E-state index contributed by atoms with van der Waals surface area (Å²) in [7, 11) is -3.83. The average Bonchev–Trinajstić information content (AvgIpc) is 2.84. The minimum Gasteiger partial charge on any atom is -0.548 e. The molecule has 0 aliphatic heterocycles. The lowest BCUT2D eigenvalue weighted by Crippen LogP contribution is -2.74. The summed E-state index contributed by atoms with van der Waals surface area (Å²) in [5.41, 5.74) is -1.08. The predicted octanol–water partition coefficient (Wildman–Crippen LogP) is 10.8. The Hall–Kier alpha value is -2.21. The van der Waals surface area contributed by atoms with Crippen LogP contribution in [0, 0.1) is 0 Å². The highest BCUT2D eigenvalue weighted by molar-refractivity contribution is 6.76. The van der Waals surface area contributed by atoms with Crippen molar-refractivity contribution in [3.63, 3.8) is 0 Å². The second-order valence-corrected chi connectivity index (χ2v) is 15.2. The fourth-order valence-corrected chi connectivity index (χ4v) is 8.26. The minimum atomic E-state index is -8.64.